The molecule has 3 aromatic rings. The van der Waals surface area contributed by atoms with Crippen LogP contribution < -0.4 is 5.32 Å². The van der Waals surface area contributed by atoms with Gasteiger partial charge in [0.25, 0.3) is 5.24 Å². The van der Waals surface area contributed by atoms with Gasteiger partial charge in [-0.2, -0.15) is 5.10 Å². The van der Waals surface area contributed by atoms with Gasteiger partial charge in [0.15, 0.2) is 5.16 Å². The van der Waals surface area contributed by atoms with Crippen LogP contribution in [0.1, 0.15) is 18.4 Å². The molecule has 1 aromatic heterocycles. The van der Waals surface area contributed by atoms with Crippen LogP contribution in [0, 0.1) is 0 Å². The molecule has 1 unspecified atom stereocenters. The number of hydrogen-bond donors (Lipinski definition) is 2. The minimum atomic E-state index is -1.29. The number of benzene rings is 2. The highest BCUT2D eigenvalue weighted by molar-refractivity contribution is 8.13. The first kappa shape index (κ1) is 21.2. The van der Waals surface area contributed by atoms with E-state index in [-0.39, 0.29) is 18.2 Å². The molecule has 9 heteroatoms. The zero-order valence-electron chi connectivity index (χ0n) is 16.0. The first-order valence-corrected chi connectivity index (χ1v) is 11.0. The van der Waals surface area contributed by atoms with Crippen molar-refractivity contribution in [1.29, 1.82) is 0 Å². The molecule has 4 rings (SSSR count). The second-order valence-electron chi connectivity index (χ2n) is 7.35. The number of thioether (sulfide) groups is 1. The SMILES string of the molecule is O=C(Nc1ccccc1)Sc1ncnn1CC(O)(Cc1ccccc1Cl)C1(Cl)CC1. The normalized spacial score (nSPS) is 16.6. The van der Waals surface area contributed by atoms with E-state index in [1.165, 1.54) is 11.0 Å². The van der Waals surface area contributed by atoms with Crippen LogP contribution in [-0.4, -0.2) is 35.6 Å². The third-order valence-corrected chi connectivity index (χ3v) is 7.04. The van der Waals surface area contributed by atoms with Crippen LogP contribution in [0.5, 0.6) is 0 Å². The summed E-state index contributed by atoms with van der Waals surface area (Å²) in [6, 6.07) is 16.5. The number of carbonyl (C=O) groups is 1. The molecule has 0 spiro atoms. The molecule has 1 aliphatic carbocycles. The van der Waals surface area contributed by atoms with E-state index in [1.54, 1.807) is 18.2 Å². The predicted molar refractivity (Wildman–Crippen MR) is 119 cm³/mol. The maximum atomic E-state index is 12.4. The Morgan fingerprint density at radius 2 is 1.90 bits per heavy atom. The van der Waals surface area contributed by atoms with Crippen molar-refractivity contribution in [2.45, 2.75) is 41.4 Å². The molecular formula is C21H20Cl2N4O2S. The van der Waals surface area contributed by atoms with Gasteiger partial charge in [0.2, 0.25) is 0 Å². The minimum Gasteiger partial charge on any atom is -0.386 e. The lowest BCUT2D eigenvalue weighted by Crippen LogP contribution is -2.47. The summed E-state index contributed by atoms with van der Waals surface area (Å²) in [6.45, 7) is 0.0999. The summed E-state index contributed by atoms with van der Waals surface area (Å²) in [4.78, 5) is 15.8. The quantitative estimate of drug-likeness (QED) is 0.381. The molecule has 0 bridgehead atoms. The number of carbonyl (C=O) groups excluding carboxylic acids is 1. The van der Waals surface area contributed by atoms with Crippen molar-refractivity contribution in [2.75, 3.05) is 5.32 Å². The van der Waals surface area contributed by atoms with E-state index in [2.05, 4.69) is 15.4 Å². The number of anilines is 1. The molecule has 0 radical (unpaired) electrons. The van der Waals surface area contributed by atoms with Gasteiger partial charge in [-0.3, -0.25) is 4.79 Å². The summed E-state index contributed by atoms with van der Waals surface area (Å²) < 4.78 is 1.52. The Balaban J connectivity index is 1.51. The smallest absolute Gasteiger partial charge is 0.291 e. The van der Waals surface area contributed by atoms with E-state index < -0.39 is 10.5 Å². The van der Waals surface area contributed by atoms with Crippen LogP contribution in [0.25, 0.3) is 0 Å². The Morgan fingerprint density at radius 1 is 1.20 bits per heavy atom. The standard InChI is InChI=1S/C21H20Cl2N4O2S/c22-17-9-5-4-6-15(17)12-21(29,20(23)10-11-20)13-27-18(24-14-25-27)30-19(28)26-16-7-2-1-3-8-16/h1-9,14,29H,10-13H2,(H,26,28). The molecular weight excluding hydrogens is 443 g/mol. The molecule has 2 aromatic carbocycles. The Kier molecular flexibility index (Phi) is 6.06. The molecule has 0 aliphatic heterocycles. The molecule has 6 nitrogen and oxygen atoms in total. The topological polar surface area (TPSA) is 80.0 Å². The van der Waals surface area contributed by atoms with Gasteiger partial charge in [0, 0.05) is 28.9 Å². The van der Waals surface area contributed by atoms with Crippen molar-refractivity contribution in [1.82, 2.24) is 14.8 Å². The van der Waals surface area contributed by atoms with Crippen LogP contribution >= 0.6 is 35.0 Å². The van der Waals surface area contributed by atoms with E-state index >= 15 is 0 Å². The van der Waals surface area contributed by atoms with Gasteiger partial charge in [-0.1, -0.05) is 48.0 Å². The lowest BCUT2D eigenvalue weighted by atomic mass is 9.89. The third kappa shape index (κ3) is 4.64. The highest BCUT2D eigenvalue weighted by Crippen LogP contribution is 2.53. The zero-order chi connectivity index (χ0) is 21.2. The Bertz CT molecular complexity index is 1040. The highest BCUT2D eigenvalue weighted by atomic mass is 35.5. The predicted octanol–water partition coefficient (Wildman–Crippen LogP) is 5.00. The molecule has 1 fully saturated rings. The van der Waals surface area contributed by atoms with Gasteiger partial charge in [-0.05, 0) is 36.6 Å². The van der Waals surface area contributed by atoms with E-state index in [1.807, 2.05) is 36.4 Å². The number of aromatic nitrogens is 3. The molecule has 1 saturated carbocycles. The first-order valence-electron chi connectivity index (χ1n) is 9.45. The molecule has 1 atom stereocenters. The zero-order valence-corrected chi connectivity index (χ0v) is 18.3. The van der Waals surface area contributed by atoms with Crippen molar-refractivity contribution in [3.8, 4) is 0 Å². The Labute approximate surface area is 188 Å². The molecule has 156 valence electrons. The lowest BCUT2D eigenvalue weighted by molar-refractivity contribution is 0.00526. The van der Waals surface area contributed by atoms with Gasteiger partial charge in [-0.15, -0.1) is 11.6 Å². The molecule has 1 amide bonds. The van der Waals surface area contributed by atoms with E-state index in [0.29, 0.717) is 28.7 Å². The summed E-state index contributed by atoms with van der Waals surface area (Å²) in [6.07, 6.45) is 3.03. The van der Waals surface area contributed by atoms with Crippen molar-refractivity contribution >= 4 is 45.9 Å². The monoisotopic (exact) mass is 462 g/mol. The Hall–Kier alpha value is -2.06. The van der Waals surface area contributed by atoms with Crippen LogP contribution in [0.4, 0.5) is 10.5 Å². The average Bonchev–Trinajstić information content (AvgIpc) is 3.35. The number of nitrogens with zero attached hydrogens (tertiary/aromatic N) is 3. The first-order chi connectivity index (χ1) is 14.4. The molecule has 1 heterocycles. The van der Waals surface area contributed by atoms with Gasteiger partial charge in [0.05, 0.1) is 11.4 Å². The second-order valence-corrected chi connectivity index (χ2v) is 9.42. The van der Waals surface area contributed by atoms with Crippen molar-refractivity contribution < 1.29 is 9.90 Å². The Morgan fingerprint density at radius 3 is 2.60 bits per heavy atom. The van der Waals surface area contributed by atoms with Crippen molar-refractivity contribution in [3.63, 3.8) is 0 Å². The van der Waals surface area contributed by atoms with Gasteiger partial charge in [-0.25, -0.2) is 9.67 Å². The van der Waals surface area contributed by atoms with Crippen LogP contribution in [0.15, 0.2) is 66.1 Å². The summed E-state index contributed by atoms with van der Waals surface area (Å²) >= 11 is 13.9. The molecule has 0 saturated heterocycles. The van der Waals surface area contributed by atoms with E-state index in [9.17, 15) is 9.90 Å². The number of para-hydroxylation sites is 1. The van der Waals surface area contributed by atoms with Gasteiger partial charge >= 0.3 is 0 Å². The van der Waals surface area contributed by atoms with E-state index in [4.69, 9.17) is 23.2 Å². The average molecular weight is 463 g/mol. The molecule has 2 N–H and O–H groups in total. The molecule has 1 aliphatic rings. The van der Waals surface area contributed by atoms with Crippen LogP contribution in [0.2, 0.25) is 5.02 Å². The fraction of sp³-hybridized carbons (Fsp3) is 0.286. The molecule has 30 heavy (non-hydrogen) atoms. The largest absolute Gasteiger partial charge is 0.386 e. The number of alkyl halides is 1. The maximum Gasteiger partial charge on any atom is 0.291 e. The fourth-order valence-electron chi connectivity index (χ4n) is 3.32. The highest BCUT2D eigenvalue weighted by Gasteiger charge is 2.58. The second kappa shape index (κ2) is 8.59. The van der Waals surface area contributed by atoms with Crippen molar-refractivity contribution in [2.24, 2.45) is 0 Å². The number of halogens is 2. The van der Waals surface area contributed by atoms with Crippen LogP contribution in [-0.2, 0) is 13.0 Å². The summed E-state index contributed by atoms with van der Waals surface area (Å²) in [7, 11) is 0. The number of aliphatic hydroxyl groups is 1. The van der Waals surface area contributed by atoms with Gasteiger partial charge in [0.1, 0.15) is 11.9 Å². The minimum absolute atomic E-state index is 0.0999. The number of amides is 1. The fourth-order valence-corrected chi connectivity index (χ4v) is 4.40. The summed E-state index contributed by atoms with van der Waals surface area (Å²) in [5.74, 6) is 0. The number of nitrogens with one attached hydrogen (secondary N) is 1. The number of rotatable bonds is 7. The number of hydrogen-bond acceptors (Lipinski definition) is 5. The summed E-state index contributed by atoms with van der Waals surface area (Å²) in [5, 5.41) is 19.2. The third-order valence-electron chi connectivity index (χ3n) is 5.16. The maximum absolute atomic E-state index is 12.4. The van der Waals surface area contributed by atoms with E-state index in [0.717, 1.165) is 17.3 Å². The summed E-state index contributed by atoms with van der Waals surface area (Å²) in [5.41, 5.74) is 0.206. The van der Waals surface area contributed by atoms with Crippen molar-refractivity contribution in [3.05, 3.63) is 71.5 Å². The van der Waals surface area contributed by atoms with Crippen LogP contribution in [0.3, 0.4) is 0 Å². The lowest BCUT2D eigenvalue weighted by Gasteiger charge is -2.33. The van der Waals surface area contributed by atoms with Gasteiger partial charge < -0.3 is 10.4 Å².